The molecule has 142 valence electrons. The van der Waals surface area contributed by atoms with Crippen molar-refractivity contribution >= 4 is 17.5 Å². The molecule has 1 aliphatic carbocycles. The lowest BCUT2D eigenvalue weighted by Crippen LogP contribution is -2.48. The monoisotopic (exact) mass is 350 g/mol. The van der Waals surface area contributed by atoms with Gasteiger partial charge < -0.3 is 4.90 Å². The number of nitrogens with zero attached hydrogens (tertiary/aromatic N) is 2. The molecule has 2 unspecified atom stereocenters. The highest BCUT2D eigenvalue weighted by molar-refractivity contribution is 5.90. The van der Waals surface area contributed by atoms with Crippen LogP contribution in [-0.4, -0.2) is 60.0 Å². The average Bonchev–Trinajstić information content (AvgIpc) is 2.61. The summed E-state index contributed by atoms with van der Waals surface area (Å²) in [6.45, 7) is 9.78. The van der Waals surface area contributed by atoms with E-state index in [1.165, 1.54) is 0 Å². The minimum absolute atomic E-state index is 0.0240. The van der Waals surface area contributed by atoms with Crippen LogP contribution in [0.15, 0.2) is 0 Å². The lowest BCUT2D eigenvalue weighted by molar-refractivity contribution is -0.136. The first-order valence-corrected chi connectivity index (χ1v) is 9.94. The van der Waals surface area contributed by atoms with Gasteiger partial charge in [0, 0.05) is 57.3 Å². The number of carbonyl (C=O) groups is 3. The summed E-state index contributed by atoms with van der Waals surface area (Å²) < 4.78 is 0. The Bertz CT molecular complexity index is 481. The molecule has 2 atom stereocenters. The molecular weight excluding hydrogens is 316 g/mol. The van der Waals surface area contributed by atoms with Crippen molar-refractivity contribution in [3.8, 4) is 0 Å². The van der Waals surface area contributed by atoms with Crippen LogP contribution < -0.4 is 0 Å². The van der Waals surface area contributed by atoms with E-state index in [9.17, 15) is 14.4 Å². The third-order valence-electron chi connectivity index (χ3n) is 5.83. The lowest BCUT2D eigenvalue weighted by Gasteiger charge is -2.34. The van der Waals surface area contributed by atoms with Crippen LogP contribution in [0.4, 0.5) is 0 Å². The van der Waals surface area contributed by atoms with Crippen LogP contribution >= 0.6 is 0 Å². The van der Waals surface area contributed by atoms with Gasteiger partial charge in [0.2, 0.25) is 5.91 Å². The van der Waals surface area contributed by atoms with Gasteiger partial charge in [0.25, 0.3) is 0 Å². The Hall–Kier alpha value is -1.23. The Kier molecular flexibility index (Phi) is 7.60. The molecule has 1 saturated carbocycles. The standard InChI is InChI=1S/C20H34N2O3/c1-15(2)20(25)18-8-5-4-7-17(18)19(24)9-6-10-21-11-13-22(14-12-21)16(3)23/h15,17-18H,4-14H2,1-3H3. The fourth-order valence-corrected chi connectivity index (χ4v) is 4.23. The number of amides is 1. The van der Waals surface area contributed by atoms with E-state index in [1.54, 1.807) is 6.92 Å². The Balaban J connectivity index is 1.75. The van der Waals surface area contributed by atoms with E-state index in [0.717, 1.165) is 64.8 Å². The molecule has 0 N–H and O–H groups in total. The van der Waals surface area contributed by atoms with E-state index in [1.807, 2.05) is 18.7 Å². The first-order valence-electron chi connectivity index (χ1n) is 9.94. The van der Waals surface area contributed by atoms with Gasteiger partial charge in [0.05, 0.1) is 0 Å². The Labute approximate surface area is 152 Å². The van der Waals surface area contributed by atoms with E-state index < -0.39 is 0 Å². The first-order chi connectivity index (χ1) is 11.9. The maximum absolute atomic E-state index is 12.7. The van der Waals surface area contributed by atoms with Crippen molar-refractivity contribution in [2.75, 3.05) is 32.7 Å². The molecule has 0 aromatic carbocycles. The highest BCUT2D eigenvalue weighted by Gasteiger charge is 2.35. The molecule has 0 spiro atoms. The van der Waals surface area contributed by atoms with Crippen molar-refractivity contribution < 1.29 is 14.4 Å². The van der Waals surface area contributed by atoms with Gasteiger partial charge in [-0.2, -0.15) is 0 Å². The molecule has 2 aliphatic rings. The summed E-state index contributed by atoms with van der Waals surface area (Å²) in [4.78, 5) is 40.7. The Morgan fingerprint density at radius 3 is 2.12 bits per heavy atom. The van der Waals surface area contributed by atoms with E-state index in [0.29, 0.717) is 12.2 Å². The predicted octanol–water partition coefficient (Wildman–Crippen LogP) is 2.53. The fourth-order valence-electron chi connectivity index (χ4n) is 4.23. The molecule has 1 heterocycles. The van der Waals surface area contributed by atoms with E-state index in [2.05, 4.69) is 4.90 Å². The number of rotatable bonds is 7. The highest BCUT2D eigenvalue weighted by atomic mass is 16.2. The fraction of sp³-hybridized carbons (Fsp3) is 0.850. The molecule has 0 aromatic heterocycles. The van der Waals surface area contributed by atoms with Crippen LogP contribution in [-0.2, 0) is 14.4 Å². The highest BCUT2D eigenvalue weighted by Crippen LogP contribution is 2.34. The second kappa shape index (κ2) is 9.46. The molecular formula is C20H34N2O3. The number of Topliss-reactive ketones (excluding diaryl/α,β-unsaturated/α-hetero) is 2. The SMILES string of the molecule is CC(=O)N1CCN(CCCC(=O)C2CCCCC2C(=O)C(C)C)CC1. The quantitative estimate of drug-likeness (QED) is 0.708. The zero-order valence-corrected chi connectivity index (χ0v) is 16.1. The minimum Gasteiger partial charge on any atom is -0.340 e. The van der Waals surface area contributed by atoms with Crippen LogP contribution in [0.25, 0.3) is 0 Å². The largest absolute Gasteiger partial charge is 0.340 e. The summed E-state index contributed by atoms with van der Waals surface area (Å²) in [5, 5.41) is 0. The van der Waals surface area contributed by atoms with Gasteiger partial charge in [-0.25, -0.2) is 0 Å². The maximum atomic E-state index is 12.7. The molecule has 2 rings (SSSR count). The number of carbonyl (C=O) groups excluding carboxylic acids is 3. The molecule has 1 saturated heterocycles. The molecule has 25 heavy (non-hydrogen) atoms. The topological polar surface area (TPSA) is 57.7 Å². The van der Waals surface area contributed by atoms with Gasteiger partial charge in [-0.3, -0.25) is 19.3 Å². The number of hydrogen-bond donors (Lipinski definition) is 0. The average molecular weight is 351 g/mol. The molecule has 5 nitrogen and oxygen atoms in total. The van der Waals surface area contributed by atoms with E-state index in [-0.39, 0.29) is 29.4 Å². The van der Waals surface area contributed by atoms with Crippen molar-refractivity contribution in [1.82, 2.24) is 9.80 Å². The van der Waals surface area contributed by atoms with Crippen LogP contribution in [0.1, 0.15) is 59.3 Å². The molecule has 1 aliphatic heterocycles. The Morgan fingerprint density at radius 2 is 1.56 bits per heavy atom. The van der Waals surface area contributed by atoms with E-state index in [4.69, 9.17) is 0 Å². The van der Waals surface area contributed by atoms with Gasteiger partial charge in [-0.15, -0.1) is 0 Å². The van der Waals surface area contributed by atoms with Crippen LogP contribution in [0.3, 0.4) is 0 Å². The third kappa shape index (κ3) is 5.63. The summed E-state index contributed by atoms with van der Waals surface area (Å²) in [5.41, 5.74) is 0. The van der Waals surface area contributed by atoms with Crippen LogP contribution in [0.2, 0.25) is 0 Å². The van der Waals surface area contributed by atoms with Crippen molar-refractivity contribution in [3.05, 3.63) is 0 Å². The van der Waals surface area contributed by atoms with Crippen molar-refractivity contribution in [2.45, 2.75) is 59.3 Å². The van der Waals surface area contributed by atoms with Crippen molar-refractivity contribution in [3.63, 3.8) is 0 Å². The summed E-state index contributed by atoms with van der Waals surface area (Å²) in [5.74, 6) is 0.655. The first kappa shape index (κ1) is 20.1. The molecule has 1 amide bonds. The second-order valence-electron chi connectivity index (χ2n) is 7.97. The van der Waals surface area contributed by atoms with Crippen LogP contribution in [0, 0.1) is 17.8 Å². The third-order valence-corrected chi connectivity index (χ3v) is 5.83. The number of hydrogen-bond acceptors (Lipinski definition) is 4. The van der Waals surface area contributed by atoms with E-state index >= 15 is 0 Å². The van der Waals surface area contributed by atoms with Crippen molar-refractivity contribution in [1.29, 1.82) is 0 Å². The molecule has 0 aromatic rings. The molecule has 5 heteroatoms. The normalized spacial score (nSPS) is 25.2. The Morgan fingerprint density at radius 1 is 0.960 bits per heavy atom. The van der Waals surface area contributed by atoms with Gasteiger partial charge in [-0.1, -0.05) is 26.7 Å². The maximum Gasteiger partial charge on any atom is 0.219 e. The smallest absolute Gasteiger partial charge is 0.219 e. The molecule has 0 bridgehead atoms. The molecule has 0 radical (unpaired) electrons. The van der Waals surface area contributed by atoms with Gasteiger partial charge in [-0.05, 0) is 25.8 Å². The second-order valence-corrected chi connectivity index (χ2v) is 7.97. The summed E-state index contributed by atoms with van der Waals surface area (Å²) in [7, 11) is 0. The zero-order chi connectivity index (χ0) is 18.4. The van der Waals surface area contributed by atoms with Gasteiger partial charge in [0.1, 0.15) is 11.6 Å². The van der Waals surface area contributed by atoms with Crippen molar-refractivity contribution in [2.24, 2.45) is 17.8 Å². The van der Waals surface area contributed by atoms with Crippen LogP contribution in [0.5, 0.6) is 0 Å². The minimum atomic E-state index is -0.0433. The lowest BCUT2D eigenvalue weighted by atomic mass is 9.72. The summed E-state index contributed by atoms with van der Waals surface area (Å²) >= 11 is 0. The van der Waals surface area contributed by atoms with Gasteiger partial charge >= 0.3 is 0 Å². The molecule has 2 fully saturated rings. The number of ketones is 2. The predicted molar refractivity (Wildman–Crippen MR) is 98.2 cm³/mol. The summed E-state index contributed by atoms with van der Waals surface area (Å²) in [6, 6.07) is 0. The summed E-state index contributed by atoms with van der Waals surface area (Å²) in [6.07, 6.45) is 5.37. The number of piperazine rings is 1. The van der Waals surface area contributed by atoms with Gasteiger partial charge in [0.15, 0.2) is 0 Å². The zero-order valence-electron chi connectivity index (χ0n) is 16.1.